The lowest BCUT2D eigenvalue weighted by Gasteiger charge is -2.32. The smallest absolute Gasteiger partial charge is 0.0393 e. The van der Waals surface area contributed by atoms with Crippen LogP contribution in [-0.4, -0.2) is 36.2 Å². The van der Waals surface area contributed by atoms with E-state index in [1.54, 1.807) is 0 Å². The molecule has 0 radical (unpaired) electrons. The van der Waals surface area contributed by atoms with Crippen LogP contribution in [0.5, 0.6) is 0 Å². The van der Waals surface area contributed by atoms with Crippen LogP contribution in [0.3, 0.4) is 0 Å². The van der Waals surface area contributed by atoms with E-state index in [2.05, 4.69) is 36.5 Å². The molecule has 0 aliphatic carbocycles. The molecule has 2 atom stereocenters. The van der Waals surface area contributed by atoms with Gasteiger partial charge in [0.1, 0.15) is 0 Å². The molecule has 2 saturated heterocycles. The Morgan fingerprint density at radius 3 is 2.58 bits per heavy atom. The predicted octanol–water partition coefficient (Wildman–Crippen LogP) is 0.193. The van der Waals surface area contributed by atoms with Crippen LogP contribution in [0.15, 0.2) is 0 Å². The Morgan fingerprint density at radius 2 is 2.00 bits per heavy atom. The van der Waals surface area contributed by atoms with E-state index in [4.69, 9.17) is 0 Å². The van der Waals surface area contributed by atoms with Gasteiger partial charge in [-0.15, -0.1) is 0 Å². The maximum atomic E-state index is 3.56. The van der Waals surface area contributed by atoms with Crippen molar-refractivity contribution in [1.29, 1.82) is 0 Å². The van der Waals surface area contributed by atoms with Crippen LogP contribution in [0.2, 0.25) is 0 Å². The molecule has 70 valence electrons. The molecule has 2 aliphatic rings. The van der Waals surface area contributed by atoms with Crippen LogP contribution in [0.4, 0.5) is 0 Å². The van der Waals surface area contributed by atoms with Gasteiger partial charge in [0.15, 0.2) is 0 Å². The number of nitrogens with one attached hydrogen (secondary N) is 2. The van der Waals surface area contributed by atoms with Crippen molar-refractivity contribution in [3.05, 3.63) is 0 Å². The Morgan fingerprint density at radius 1 is 1.25 bits per heavy atom. The minimum atomic E-state index is 0.268. The quantitative estimate of drug-likeness (QED) is 0.542. The van der Waals surface area contributed by atoms with Crippen molar-refractivity contribution in [1.82, 2.24) is 15.8 Å². The molecule has 0 amide bonds. The highest BCUT2D eigenvalue weighted by atomic mass is 15.6. The van der Waals surface area contributed by atoms with Crippen LogP contribution in [0.1, 0.15) is 20.8 Å². The van der Waals surface area contributed by atoms with Crippen molar-refractivity contribution in [3.63, 3.8) is 0 Å². The minimum absolute atomic E-state index is 0.268. The molecule has 0 saturated carbocycles. The second kappa shape index (κ2) is 2.69. The molecule has 2 N–H and O–H groups in total. The molecule has 0 aromatic carbocycles. The monoisotopic (exact) mass is 169 g/mol. The Bertz CT molecular complexity index is 161. The summed E-state index contributed by atoms with van der Waals surface area (Å²) >= 11 is 0. The van der Waals surface area contributed by atoms with Gasteiger partial charge in [0.2, 0.25) is 0 Å². The van der Waals surface area contributed by atoms with E-state index >= 15 is 0 Å². The summed E-state index contributed by atoms with van der Waals surface area (Å²) in [6.45, 7) is 10.3. The molecule has 12 heavy (non-hydrogen) atoms. The summed E-state index contributed by atoms with van der Waals surface area (Å²) in [5.74, 6) is 0.823. The minimum Gasteiger partial charge on any atom is -0.315 e. The van der Waals surface area contributed by atoms with Gasteiger partial charge in [-0.3, -0.25) is 0 Å². The van der Waals surface area contributed by atoms with Gasteiger partial charge in [0.05, 0.1) is 0 Å². The van der Waals surface area contributed by atoms with Crippen molar-refractivity contribution < 1.29 is 0 Å². The van der Waals surface area contributed by atoms with Gasteiger partial charge in [-0.2, -0.15) is 0 Å². The standard InChI is InChI=1S/C9H19N3/c1-9(2,3)12-6-7-4-10-5-8(7)11-12/h7-8,10-11H,4-6H2,1-3H3. The third-order valence-corrected chi connectivity index (χ3v) is 2.89. The molecule has 0 aromatic rings. The number of hydrazine groups is 1. The van der Waals surface area contributed by atoms with E-state index in [0.29, 0.717) is 6.04 Å². The lowest BCUT2D eigenvalue weighted by atomic mass is 10.0. The van der Waals surface area contributed by atoms with E-state index in [1.165, 1.54) is 13.1 Å². The van der Waals surface area contributed by atoms with Gasteiger partial charge < -0.3 is 5.32 Å². The maximum Gasteiger partial charge on any atom is 0.0393 e. The molecule has 2 fully saturated rings. The lowest BCUT2D eigenvalue weighted by Crippen LogP contribution is -2.49. The summed E-state index contributed by atoms with van der Waals surface area (Å²) in [6, 6.07) is 0.684. The number of nitrogens with zero attached hydrogens (tertiary/aromatic N) is 1. The second-order valence-corrected chi connectivity index (χ2v) is 4.94. The average Bonchev–Trinajstić information content (AvgIpc) is 2.37. The van der Waals surface area contributed by atoms with Gasteiger partial charge in [-0.25, -0.2) is 10.4 Å². The summed E-state index contributed by atoms with van der Waals surface area (Å²) in [7, 11) is 0. The van der Waals surface area contributed by atoms with E-state index in [1.807, 2.05) is 0 Å². The normalized spacial score (nSPS) is 37.2. The predicted molar refractivity (Wildman–Crippen MR) is 49.7 cm³/mol. The first-order chi connectivity index (χ1) is 5.57. The molecule has 0 bridgehead atoms. The van der Waals surface area contributed by atoms with Crippen LogP contribution < -0.4 is 10.7 Å². The average molecular weight is 169 g/mol. The number of fused-ring (bicyclic) bond motifs is 1. The molecule has 2 rings (SSSR count). The fourth-order valence-electron chi connectivity index (χ4n) is 2.03. The summed E-state index contributed by atoms with van der Waals surface area (Å²) in [5.41, 5.74) is 3.83. The fourth-order valence-corrected chi connectivity index (χ4v) is 2.03. The first kappa shape index (κ1) is 8.48. The molecule has 2 unspecified atom stereocenters. The van der Waals surface area contributed by atoms with E-state index in [0.717, 1.165) is 12.5 Å². The van der Waals surface area contributed by atoms with Crippen molar-refractivity contribution >= 4 is 0 Å². The van der Waals surface area contributed by atoms with Crippen molar-refractivity contribution in [3.8, 4) is 0 Å². The summed E-state index contributed by atoms with van der Waals surface area (Å²) in [4.78, 5) is 0. The molecular formula is C9H19N3. The zero-order valence-electron chi connectivity index (χ0n) is 8.22. The van der Waals surface area contributed by atoms with Crippen LogP contribution in [0.25, 0.3) is 0 Å². The highest BCUT2D eigenvalue weighted by molar-refractivity contribution is 4.95. The summed E-state index contributed by atoms with van der Waals surface area (Å²) in [6.07, 6.45) is 0. The molecule has 2 aliphatic heterocycles. The third-order valence-electron chi connectivity index (χ3n) is 2.89. The van der Waals surface area contributed by atoms with E-state index in [-0.39, 0.29) is 5.54 Å². The number of hydrogen-bond donors (Lipinski definition) is 2. The highest BCUT2D eigenvalue weighted by Gasteiger charge is 2.39. The second-order valence-electron chi connectivity index (χ2n) is 4.94. The molecule has 0 aromatic heterocycles. The molecule has 3 heteroatoms. The topological polar surface area (TPSA) is 27.3 Å². The first-order valence-corrected chi connectivity index (χ1v) is 4.82. The van der Waals surface area contributed by atoms with Gasteiger partial charge in [-0.1, -0.05) is 0 Å². The van der Waals surface area contributed by atoms with Crippen LogP contribution in [0, 0.1) is 5.92 Å². The van der Waals surface area contributed by atoms with E-state index in [9.17, 15) is 0 Å². The summed E-state index contributed by atoms with van der Waals surface area (Å²) in [5, 5.41) is 5.79. The Balaban J connectivity index is 1.99. The van der Waals surface area contributed by atoms with Crippen LogP contribution >= 0.6 is 0 Å². The van der Waals surface area contributed by atoms with E-state index < -0.39 is 0 Å². The van der Waals surface area contributed by atoms with Gasteiger partial charge in [-0.05, 0) is 20.8 Å². The van der Waals surface area contributed by atoms with Gasteiger partial charge >= 0.3 is 0 Å². The number of hydrogen-bond acceptors (Lipinski definition) is 3. The molecular weight excluding hydrogens is 150 g/mol. The van der Waals surface area contributed by atoms with Crippen molar-refractivity contribution in [2.45, 2.75) is 32.4 Å². The zero-order chi connectivity index (χ0) is 8.77. The molecule has 0 spiro atoms. The SMILES string of the molecule is CC(C)(C)N1CC2CNCC2N1. The van der Waals surface area contributed by atoms with Gasteiger partial charge in [0, 0.05) is 37.1 Å². The van der Waals surface area contributed by atoms with Crippen LogP contribution in [-0.2, 0) is 0 Å². The number of rotatable bonds is 0. The zero-order valence-corrected chi connectivity index (χ0v) is 8.22. The lowest BCUT2D eigenvalue weighted by molar-refractivity contribution is 0.102. The molecule has 2 heterocycles. The maximum absolute atomic E-state index is 3.56. The summed E-state index contributed by atoms with van der Waals surface area (Å²) < 4.78 is 0. The Kier molecular flexibility index (Phi) is 1.90. The van der Waals surface area contributed by atoms with Crippen molar-refractivity contribution in [2.24, 2.45) is 5.92 Å². The van der Waals surface area contributed by atoms with Crippen molar-refractivity contribution in [2.75, 3.05) is 19.6 Å². The molecule has 3 nitrogen and oxygen atoms in total. The first-order valence-electron chi connectivity index (χ1n) is 4.82. The fraction of sp³-hybridized carbons (Fsp3) is 1.00. The largest absolute Gasteiger partial charge is 0.315 e. The van der Waals surface area contributed by atoms with Gasteiger partial charge in [0.25, 0.3) is 0 Å². The third kappa shape index (κ3) is 1.37. The highest BCUT2D eigenvalue weighted by Crippen LogP contribution is 2.23. The Hall–Kier alpha value is -0.120. The Labute approximate surface area is 74.5 Å².